The van der Waals surface area contributed by atoms with Crippen LogP contribution in [0.4, 0.5) is 0 Å². The van der Waals surface area contributed by atoms with Gasteiger partial charge in [0.05, 0.1) is 41.3 Å². The van der Waals surface area contributed by atoms with Gasteiger partial charge < -0.3 is 128 Å². The summed E-state index contributed by atoms with van der Waals surface area (Å²) >= 11 is 14.1. The molecule has 20 N–H and O–H groups in total. The van der Waals surface area contributed by atoms with Crippen LogP contribution in [0.1, 0.15) is 105 Å². The number of nitrogens with two attached hydrogens (primary N) is 1. The number of carboxylic acid groups (broad SMARTS) is 2. The minimum absolute atomic E-state index is 0.0991. The number of carboxylic acids is 2. The van der Waals surface area contributed by atoms with E-state index in [1.54, 1.807) is 0 Å². The Hall–Kier alpha value is -9.20. The fourth-order valence-corrected chi connectivity index (χ4v) is 12.9. The zero-order chi connectivity index (χ0) is 73.5. The number of aromatic hydroxyl groups is 3. The number of fused-ring (bicyclic) bond motifs is 16. The standard InChI is InChI=1S/C66H74Cl2N8O25/c1-23(2)12-34(70-5)58(87)75-49-51(82)26-7-10-38(32(67)14-26)97-40-16-28-17-41(55(40)101-65-56(54(85)53(84)42(22-77)99-65)100-44-21-66(4,69)57(86)24(3)96-44)98-39-11-8-27(15-33(39)68)52(83)50-62(91)74-48(64(94)95)31-18-29(78)19-37(80)45(31)30-13-25(6-9-36(30)79)46(59(88)76-50)73-60(89)47(28)72-43(81)20-35(63(92)93)71-61(49)90/h6-11,13-19,23-24,34-35,42,44,46-54,56-57,65,70,77-80,82-86H,12,20-22,69H2,1-5H3,(H,71,90)(H,72,81)(H,73,89)(H,74,91)(H,75,87)(H,76,88)(H,92,93)(H,94,95)/t24?,34-,35+,42?,44?,46+,47+,48-,49+,50+,51+,52-,53?,54?,56?,57?,65?,66?/m0/s1. The molecule has 0 aromatic heterocycles. The van der Waals surface area contributed by atoms with Crippen LogP contribution in [0.3, 0.4) is 0 Å². The number of amides is 6. The van der Waals surface area contributed by atoms with Crippen molar-refractivity contribution in [1.82, 2.24) is 37.2 Å². The molecule has 7 heterocycles. The van der Waals surface area contributed by atoms with E-state index in [4.69, 9.17) is 57.4 Å². The molecule has 2 saturated heterocycles. The molecule has 9 unspecified atom stereocenters. The number of rotatable bonds is 12. The summed E-state index contributed by atoms with van der Waals surface area (Å²) in [6, 6.07) is -0.942. The maximum absolute atomic E-state index is 15.9. The number of hydrogen-bond donors (Lipinski definition) is 19. The molecule has 7 aliphatic rings. The molecule has 18 atom stereocenters. The summed E-state index contributed by atoms with van der Waals surface area (Å²) in [6.45, 7) is 5.63. The molecule has 35 heteroatoms. The first kappa shape index (κ1) is 74.5. The molecule has 2 fully saturated rings. The van der Waals surface area contributed by atoms with Gasteiger partial charge in [0, 0.05) is 34.7 Å². The number of aliphatic hydroxyl groups excluding tert-OH is 6. The fourth-order valence-electron chi connectivity index (χ4n) is 12.4. The Bertz CT molecular complexity index is 4070. The predicted octanol–water partition coefficient (Wildman–Crippen LogP) is 0.706. The van der Waals surface area contributed by atoms with Gasteiger partial charge in [0.2, 0.25) is 47.5 Å². The summed E-state index contributed by atoms with van der Waals surface area (Å²) < 4.78 is 38.2. The maximum Gasteiger partial charge on any atom is 0.330 e. The Labute approximate surface area is 583 Å². The molecule has 0 saturated carbocycles. The van der Waals surface area contributed by atoms with Crippen molar-refractivity contribution in [3.8, 4) is 57.1 Å². The van der Waals surface area contributed by atoms with Crippen molar-refractivity contribution < 1.29 is 123 Å². The summed E-state index contributed by atoms with van der Waals surface area (Å²) in [5.41, 5.74) is 2.21. The minimum atomic E-state index is -2.32. The van der Waals surface area contributed by atoms with Crippen molar-refractivity contribution in [2.45, 2.75) is 156 Å². The zero-order valence-electron chi connectivity index (χ0n) is 54.2. The average molecular weight is 1450 g/mol. The van der Waals surface area contributed by atoms with Gasteiger partial charge in [0.15, 0.2) is 29.9 Å². The van der Waals surface area contributed by atoms with Crippen molar-refractivity contribution >= 4 is 70.6 Å². The van der Waals surface area contributed by atoms with Gasteiger partial charge in [-0.25, -0.2) is 9.59 Å². The van der Waals surface area contributed by atoms with E-state index in [2.05, 4.69) is 37.2 Å². The number of nitrogens with one attached hydrogen (secondary N) is 7. The first-order valence-electron chi connectivity index (χ1n) is 31.6. The van der Waals surface area contributed by atoms with Crippen LogP contribution in [0.25, 0.3) is 11.1 Å². The van der Waals surface area contributed by atoms with E-state index in [-0.39, 0.29) is 41.2 Å². The van der Waals surface area contributed by atoms with Crippen LogP contribution < -0.4 is 57.2 Å². The Morgan fingerprint density at radius 1 is 0.703 bits per heavy atom. The fraction of sp³-hybridized carbons (Fsp3) is 0.424. The lowest BCUT2D eigenvalue weighted by Gasteiger charge is -2.47. The number of carbonyl (C=O) groups is 8. The largest absolute Gasteiger partial charge is 0.508 e. The van der Waals surface area contributed by atoms with E-state index in [1.807, 2.05) is 13.8 Å². The van der Waals surface area contributed by atoms with Gasteiger partial charge in [-0.3, -0.25) is 28.8 Å². The first-order chi connectivity index (χ1) is 47.7. The van der Waals surface area contributed by atoms with Gasteiger partial charge >= 0.3 is 11.9 Å². The van der Waals surface area contributed by atoms with E-state index >= 15 is 9.59 Å². The summed E-state index contributed by atoms with van der Waals surface area (Å²) in [5.74, 6) is -16.7. The van der Waals surface area contributed by atoms with Crippen LogP contribution in [0, 0.1) is 5.92 Å². The molecule has 11 bridgehead atoms. The number of ether oxygens (including phenoxy) is 6. The highest BCUT2D eigenvalue weighted by atomic mass is 35.5. The number of hydrogen-bond acceptors (Lipinski definition) is 25. The number of aliphatic carboxylic acids is 2. The van der Waals surface area contributed by atoms with Crippen molar-refractivity contribution in [2.24, 2.45) is 11.7 Å². The van der Waals surface area contributed by atoms with E-state index in [1.165, 1.54) is 27.0 Å². The third-order valence-corrected chi connectivity index (χ3v) is 18.3. The molecule has 101 heavy (non-hydrogen) atoms. The molecular weight excluding hydrogens is 1380 g/mol. The summed E-state index contributed by atoms with van der Waals surface area (Å²) in [7, 11) is 1.46. The highest BCUT2D eigenvalue weighted by Crippen LogP contribution is 2.50. The van der Waals surface area contributed by atoms with Crippen molar-refractivity contribution in [2.75, 3.05) is 13.7 Å². The number of phenolic OH excluding ortho intramolecular Hbond substituents is 3. The second-order valence-electron chi connectivity index (χ2n) is 25.6. The van der Waals surface area contributed by atoms with Crippen LogP contribution >= 0.6 is 23.2 Å². The number of halogens is 2. The van der Waals surface area contributed by atoms with Crippen LogP contribution in [-0.4, -0.2) is 196 Å². The second-order valence-corrected chi connectivity index (χ2v) is 26.5. The normalized spacial score (nSPS) is 29.6. The second kappa shape index (κ2) is 30.2. The van der Waals surface area contributed by atoms with Crippen molar-refractivity contribution in [1.29, 1.82) is 0 Å². The Balaban J connectivity index is 1.23. The zero-order valence-corrected chi connectivity index (χ0v) is 55.7. The van der Waals surface area contributed by atoms with Gasteiger partial charge in [0.25, 0.3) is 0 Å². The van der Waals surface area contributed by atoms with Gasteiger partial charge in [-0.1, -0.05) is 55.2 Å². The lowest BCUT2D eigenvalue weighted by Crippen LogP contribution is -2.64. The third kappa shape index (κ3) is 15.8. The minimum Gasteiger partial charge on any atom is -0.508 e. The smallest absolute Gasteiger partial charge is 0.330 e. The van der Waals surface area contributed by atoms with E-state index in [9.17, 15) is 84.9 Å². The van der Waals surface area contributed by atoms with E-state index in [0.717, 1.165) is 72.8 Å². The summed E-state index contributed by atoms with van der Waals surface area (Å²) in [6.07, 6.45) is -18.8. The van der Waals surface area contributed by atoms with Gasteiger partial charge in [0.1, 0.15) is 89.5 Å². The molecular formula is C66H74Cl2N8O25. The highest BCUT2D eigenvalue weighted by Gasteiger charge is 2.51. The lowest BCUT2D eigenvalue weighted by molar-refractivity contribution is -0.333. The lowest BCUT2D eigenvalue weighted by atomic mass is 9.86. The van der Waals surface area contributed by atoms with E-state index < -0.39 is 242 Å². The Morgan fingerprint density at radius 2 is 1.32 bits per heavy atom. The molecule has 0 aliphatic carbocycles. The molecule has 7 aliphatic heterocycles. The monoisotopic (exact) mass is 1450 g/mol. The predicted molar refractivity (Wildman–Crippen MR) is 348 cm³/mol. The first-order valence-corrected chi connectivity index (χ1v) is 32.3. The molecule has 542 valence electrons. The molecule has 5 aromatic carbocycles. The quantitative estimate of drug-likeness (QED) is 0.0817. The van der Waals surface area contributed by atoms with Gasteiger partial charge in [-0.15, -0.1) is 0 Å². The molecule has 12 rings (SSSR count). The maximum atomic E-state index is 15.9. The molecule has 33 nitrogen and oxygen atoms in total. The molecule has 5 aromatic rings. The topological polar surface area (TPSA) is 525 Å². The van der Waals surface area contributed by atoms with Crippen LogP contribution in [-0.2, 0) is 52.6 Å². The van der Waals surface area contributed by atoms with Gasteiger partial charge in [-0.05, 0) is 110 Å². The van der Waals surface area contributed by atoms with Crippen molar-refractivity contribution in [3.05, 3.63) is 117 Å². The number of phenols is 3. The SMILES string of the molecule is CN[C@@H](CC(C)C)C(=O)N[C@H]1C(=O)N[C@@H](C(=O)O)CC(=O)N[C@H]2C(=O)N[C@H]3C(=O)N[C@@H](C(=O)N[C@H](C(=O)O)c4cc(O)cc(O)c4-c4cc3ccc4O)[C@@H](O)c3ccc(c(Cl)c3)Oc3cc2cc(c3OC2OC(CO)C(O)C(O)C2OC2CC(C)(N)C(O)C(C)O2)Oc2ccc(cc2Cl)[C@H]1O. The van der Waals surface area contributed by atoms with E-state index in [0.29, 0.717) is 0 Å². The van der Waals surface area contributed by atoms with Crippen LogP contribution in [0.5, 0.6) is 46.0 Å². The number of aliphatic hydroxyl groups is 6. The molecule has 0 spiro atoms. The van der Waals surface area contributed by atoms with Crippen LogP contribution in [0.2, 0.25) is 10.0 Å². The van der Waals surface area contributed by atoms with Crippen molar-refractivity contribution in [3.63, 3.8) is 0 Å². The average Bonchev–Trinajstić information content (AvgIpc) is 0.953. The molecule has 6 amide bonds. The van der Waals surface area contributed by atoms with Gasteiger partial charge in [-0.2, -0.15) is 0 Å². The summed E-state index contributed by atoms with van der Waals surface area (Å²) in [5, 5.41) is 141. The molecule has 0 radical (unpaired) electrons. The Kier molecular flexibility index (Phi) is 22.2. The number of benzene rings is 5. The number of likely N-dealkylation sites (N-methyl/N-ethyl adjacent to an activating group) is 1. The Morgan fingerprint density at radius 3 is 1.90 bits per heavy atom. The van der Waals surface area contributed by atoms with Crippen LogP contribution in [0.15, 0.2) is 78.9 Å². The third-order valence-electron chi connectivity index (χ3n) is 17.8. The summed E-state index contributed by atoms with van der Waals surface area (Å²) in [4.78, 5) is 116. The number of carbonyl (C=O) groups excluding carboxylic acids is 6. The highest BCUT2D eigenvalue weighted by molar-refractivity contribution is 6.32.